The van der Waals surface area contributed by atoms with E-state index in [4.69, 9.17) is 5.73 Å². The summed E-state index contributed by atoms with van der Waals surface area (Å²) in [5, 5.41) is 0.879. The van der Waals surface area contributed by atoms with Gasteiger partial charge in [0.25, 0.3) is 5.91 Å². The molecule has 98 valence electrons. The molecule has 5 heteroatoms. The normalized spacial score (nSPS) is 15.4. The molecule has 1 aromatic heterocycles. The predicted octanol–water partition coefficient (Wildman–Crippen LogP) is 1.70. The first-order valence-corrected chi connectivity index (χ1v) is 6.30. The Balaban J connectivity index is 2.29. The molecule has 0 unspecified atom stereocenters. The summed E-state index contributed by atoms with van der Waals surface area (Å²) in [7, 11) is 0. The van der Waals surface area contributed by atoms with Crippen molar-refractivity contribution >= 4 is 28.4 Å². The lowest BCUT2D eigenvalue weighted by molar-refractivity contribution is -0.117. The number of aromatic amines is 1. The summed E-state index contributed by atoms with van der Waals surface area (Å²) < 4.78 is 0. The van der Waals surface area contributed by atoms with Crippen molar-refractivity contribution in [3.05, 3.63) is 29.5 Å². The van der Waals surface area contributed by atoms with Crippen LogP contribution in [0.25, 0.3) is 10.9 Å². The maximum Gasteiger partial charge on any atom is 0.267 e. The highest BCUT2D eigenvalue weighted by Gasteiger charge is 2.28. The van der Waals surface area contributed by atoms with Crippen LogP contribution in [0.3, 0.4) is 0 Å². The minimum Gasteiger partial charge on any atom is -0.364 e. The van der Waals surface area contributed by atoms with Crippen LogP contribution in [0, 0.1) is 6.92 Å². The number of fused-ring (bicyclic) bond motifs is 1. The molecule has 1 fully saturated rings. The number of amides is 2. The van der Waals surface area contributed by atoms with E-state index in [1.54, 1.807) is 4.90 Å². The first-order chi connectivity index (χ1) is 9.08. The van der Waals surface area contributed by atoms with E-state index < -0.39 is 5.91 Å². The van der Waals surface area contributed by atoms with Crippen LogP contribution in [-0.2, 0) is 4.79 Å². The number of aromatic nitrogens is 1. The van der Waals surface area contributed by atoms with Gasteiger partial charge in [0.1, 0.15) is 5.69 Å². The summed E-state index contributed by atoms with van der Waals surface area (Å²) in [6.07, 6.45) is 1.34. The highest BCUT2D eigenvalue weighted by atomic mass is 16.2. The molecular formula is C14H15N3O2. The van der Waals surface area contributed by atoms with Gasteiger partial charge >= 0.3 is 0 Å². The van der Waals surface area contributed by atoms with E-state index in [2.05, 4.69) is 4.98 Å². The molecule has 0 bridgehead atoms. The predicted molar refractivity (Wildman–Crippen MR) is 73.1 cm³/mol. The Kier molecular flexibility index (Phi) is 2.55. The van der Waals surface area contributed by atoms with E-state index in [-0.39, 0.29) is 5.91 Å². The number of carbonyl (C=O) groups excluding carboxylic acids is 2. The summed E-state index contributed by atoms with van der Waals surface area (Å²) in [6.45, 7) is 2.62. The SMILES string of the molecule is Cc1ccc2[nH]c(C(N)=O)c(N3CCCC3=O)c2c1. The molecule has 5 nitrogen and oxygen atoms in total. The van der Waals surface area contributed by atoms with E-state index in [1.807, 2.05) is 25.1 Å². The number of nitrogens with zero attached hydrogens (tertiary/aromatic N) is 1. The maximum atomic E-state index is 11.9. The zero-order valence-corrected chi connectivity index (χ0v) is 10.7. The number of hydrogen-bond acceptors (Lipinski definition) is 2. The fourth-order valence-corrected chi connectivity index (χ4v) is 2.63. The summed E-state index contributed by atoms with van der Waals surface area (Å²) in [6, 6.07) is 5.83. The number of carbonyl (C=O) groups is 2. The molecule has 2 aromatic rings. The second-order valence-corrected chi connectivity index (χ2v) is 4.91. The van der Waals surface area contributed by atoms with Gasteiger partial charge in [-0.05, 0) is 25.5 Å². The average Bonchev–Trinajstić information content (AvgIpc) is 2.92. The maximum absolute atomic E-state index is 11.9. The third-order valence-electron chi connectivity index (χ3n) is 3.52. The van der Waals surface area contributed by atoms with Crippen molar-refractivity contribution in [2.75, 3.05) is 11.4 Å². The lowest BCUT2D eigenvalue weighted by Crippen LogP contribution is -2.26. The molecule has 1 aliphatic heterocycles. The van der Waals surface area contributed by atoms with Gasteiger partial charge in [-0.1, -0.05) is 11.6 Å². The van der Waals surface area contributed by atoms with E-state index in [0.29, 0.717) is 24.3 Å². The highest BCUT2D eigenvalue weighted by Crippen LogP contribution is 2.34. The second-order valence-electron chi connectivity index (χ2n) is 4.91. The van der Waals surface area contributed by atoms with E-state index >= 15 is 0 Å². The summed E-state index contributed by atoms with van der Waals surface area (Å²) in [5.74, 6) is -0.492. The Morgan fingerprint density at radius 1 is 1.42 bits per heavy atom. The molecular weight excluding hydrogens is 242 g/mol. The Bertz CT molecular complexity index is 687. The number of nitrogens with two attached hydrogens (primary N) is 1. The van der Waals surface area contributed by atoms with Gasteiger partial charge in [-0.3, -0.25) is 9.59 Å². The molecule has 3 N–H and O–H groups in total. The number of hydrogen-bond donors (Lipinski definition) is 2. The van der Waals surface area contributed by atoms with Crippen LogP contribution in [0.2, 0.25) is 0 Å². The highest BCUT2D eigenvalue weighted by molar-refractivity contribution is 6.13. The molecule has 0 saturated carbocycles. The number of H-pyrrole nitrogens is 1. The van der Waals surface area contributed by atoms with Crippen molar-refractivity contribution in [3.63, 3.8) is 0 Å². The molecule has 2 amide bonds. The Hall–Kier alpha value is -2.30. The molecule has 0 radical (unpaired) electrons. The zero-order chi connectivity index (χ0) is 13.6. The van der Waals surface area contributed by atoms with Crippen molar-refractivity contribution in [2.45, 2.75) is 19.8 Å². The molecule has 0 aliphatic carbocycles. The van der Waals surface area contributed by atoms with Gasteiger partial charge in [0, 0.05) is 23.9 Å². The van der Waals surface area contributed by atoms with Crippen LogP contribution in [0.15, 0.2) is 18.2 Å². The number of benzene rings is 1. The summed E-state index contributed by atoms with van der Waals surface area (Å²) >= 11 is 0. The van der Waals surface area contributed by atoms with Crippen molar-refractivity contribution in [1.82, 2.24) is 4.98 Å². The first kappa shape index (κ1) is 11.8. The summed E-state index contributed by atoms with van der Waals surface area (Å²) in [4.78, 5) is 28.2. The van der Waals surface area contributed by atoms with Gasteiger partial charge in [-0.25, -0.2) is 0 Å². The standard InChI is InChI=1S/C14H15N3O2/c1-8-4-5-10-9(7-8)13(12(16-10)14(15)19)17-6-2-3-11(17)18/h4-5,7,16H,2-3,6H2,1H3,(H2,15,19). The fourth-order valence-electron chi connectivity index (χ4n) is 2.63. The molecule has 0 spiro atoms. The van der Waals surface area contributed by atoms with E-state index in [1.165, 1.54) is 0 Å². The van der Waals surface area contributed by atoms with E-state index in [9.17, 15) is 9.59 Å². The molecule has 0 atom stereocenters. The van der Waals surface area contributed by atoms with Gasteiger partial charge in [0.05, 0.1) is 5.69 Å². The van der Waals surface area contributed by atoms with Gasteiger partial charge in [-0.2, -0.15) is 0 Å². The smallest absolute Gasteiger partial charge is 0.267 e. The molecule has 1 saturated heterocycles. The monoisotopic (exact) mass is 257 g/mol. The number of anilines is 1. The molecule has 2 heterocycles. The van der Waals surface area contributed by atoms with Crippen LogP contribution in [0.1, 0.15) is 28.9 Å². The van der Waals surface area contributed by atoms with Gasteiger partial charge < -0.3 is 15.6 Å². The molecule has 19 heavy (non-hydrogen) atoms. The third-order valence-corrected chi connectivity index (χ3v) is 3.52. The van der Waals surface area contributed by atoms with Crippen molar-refractivity contribution in [2.24, 2.45) is 5.73 Å². The minimum atomic E-state index is -0.538. The van der Waals surface area contributed by atoms with Gasteiger partial charge in [0.15, 0.2) is 0 Å². The van der Waals surface area contributed by atoms with Crippen LogP contribution >= 0.6 is 0 Å². The number of rotatable bonds is 2. The summed E-state index contributed by atoms with van der Waals surface area (Å²) in [5.41, 5.74) is 8.28. The molecule has 1 aliphatic rings. The first-order valence-electron chi connectivity index (χ1n) is 6.30. The Morgan fingerprint density at radius 2 is 2.21 bits per heavy atom. The quantitative estimate of drug-likeness (QED) is 0.858. The number of nitrogens with one attached hydrogen (secondary N) is 1. The number of aryl methyl sites for hydroxylation is 1. The van der Waals surface area contributed by atoms with Crippen LogP contribution in [0.4, 0.5) is 5.69 Å². The lowest BCUT2D eigenvalue weighted by Gasteiger charge is -2.16. The Morgan fingerprint density at radius 3 is 2.84 bits per heavy atom. The lowest BCUT2D eigenvalue weighted by atomic mass is 10.1. The van der Waals surface area contributed by atoms with Crippen molar-refractivity contribution in [1.29, 1.82) is 0 Å². The average molecular weight is 257 g/mol. The van der Waals surface area contributed by atoms with Crippen molar-refractivity contribution in [3.8, 4) is 0 Å². The molecule has 3 rings (SSSR count). The zero-order valence-electron chi connectivity index (χ0n) is 10.7. The van der Waals surface area contributed by atoms with Crippen LogP contribution in [-0.4, -0.2) is 23.3 Å². The second kappa shape index (κ2) is 4.12. The number of primary amides is 1. The van der Waals surface area contributed by atoms with Gasteiger partial charge in [0.2, 0.25) is 5.91 Å². The minimum absolute atomic E-state index is 0.0462. The van der Waals surface area contributed by atoms with Crippen LogP contribution in [0.5, 0.6) is 0 Å². The van der Waals surface area contributed by atoms with Gasteiger partial charge in [-0.15, -0.1) is 0 Å². The fraction of sp³-hybridized carbons (Fsp3) is 0.286. The molecule has 1 aromatic carbocycles. The topological polar surface area (TPSA) is 79.2 Å². The van der Waals surface area contributed by atoms with Crippen molar-refractivity contribution < 1.29 is 9.59 Å². The van der Waals surface area contributed by atoms with Crippen LogP contribution < -0.4 is 10.6 Å². The largest absolute Gasteiger partial charge is 0.364 e. The van der Waals surface area contributed by atoms with E-state index in [0.717, 1.165) is 22.9 Å². The Labute approximate surface area is 110 Å². The third kappa shape index (κ3) is 1.78.